The predicted octanol–water partition coefficient (Wildman–Crippen LogP) is 5.21. The van der Waals surface area contributed by atoms with Crippen LogP contribution in [-0.4, -0.2) is 22.0 Å². The van der Waals surface area contributed by atoms with E-state index in [4.69, 9.17) is 0 Å². The van der Waals surface area contributed by atoms with Crippen LogP contribution >= 0.6 is 0 Å². The number of rotatable bonds is 6. The second-order valence-corrected chi connectivity index (χ2v) is 7.45. The lowest BCUT2D eigenvalue weighted by molar-refractivity contribution is 0.0954. The number of aromatic nitrogens is 2. The first-order valence-electron chi connectivity index (χ1n) is 10.3. The Morgan fingerprint density at radius 1 is 1.14 bits per heavy atom. The number of aryl methyl sites for hydroxylation is 1. The minimum atomic E-state index is -0.0276. The standard InChI is InChI=1S/C24H27N3O/c1-2-18-8-11-21(12-9-18)27-17-26-22-16-20(10-13-23(22)27)24(28)25-15-14-19-6-4-3-5-7-19/h6,8-13,16-17H,2-5,7,14-15H2,1H3,(H,25,28). The summed E-state index contributed by atoms with van der Waals surface area (Å²) in [5.74, 6) is -0.0276. The minimum absolute atomic E-state index is 0.0276. The van der Waals surface area contributed by atoms with Crippen LogP contribution in [0.15, 0.2) is 60.4 Å². The molecule has 0 spiro atoms. The van der Waals surface area contributed by atoms with Gasteiger partial charge in [-0.25, -0.2) is 4.98 Å². The molecule has 0 fully saturated rings. The first kappa shape index (κ1) is 18.5. The van der Waals surface area contributed by atoms with Crippen molar-refractivity contribution in [2.24, 2.45) is 0 Å². The highest BCUT2D eigenvalue weighted by Crippen LogP contribution is 2.21. The van der Waals surface area contributed by atoms with Crippen LogP contribution in [0.1, 0.15) is 54.9 Å². The molecule has 1 aliphatic rings. The van der Waals surface area contributed by atoms with Gasteiger partial charge in [-0.2, -0.15) is 0 Å². The van der Waals surface area contributed by atoms with E-state index in [-0.39, 0.29) is 5.91 Å². The first-order chi connectivity index (χ1) is 13.7. The molecule has 0 radical (unpaired) electrons. The zero-order chi connectivity index (χ0) is 19.3. The molecule has 1 N–H and O–H groups in total. The van der Waals surface area contributed by atoms with Crippen molar-refractivity contribution >= 4 is 16.9 Å². The quantitative estimate of drug-likeness (QED) is 0.603. The number of amides is 1. The zero-order valence-electron chi connectivity index (χ0n) is 16.4. The molecule has 0 saturated carbocycles. The number of benzene rings is 2. The van der Waals surface area contributed by atoms with Gasteiger partial charge in [0.15, 0.2) is 0 Å². The molecule has 0 bridgehead atoms. The SMILES string of the molecule is CCc1ccc(-n2cnc3cc(C(=O)NCCC4=CCCCC4)ccc32)cc1. The van der Waals surface area contributed by atoms with Gasteiger partial charge in [-0.05, 0) is 74.4 Å². The highest BCUT2D eigenvalue weighted by molar-refractivity contribution is 5.97. The first-order valence-corrected chi connectivity index (χ1v) is 10.3. The summed E-state index contributed by atoms with van der Waals surface area (Å²) in [6, 6.07) is 14.3. The van der Waals surface area contributed by atoms with Crippen LogP contribution in [0.25, 0.3) is 16.7 Å². The molecular formula is C24H27N3O. The molecular weight excluding hydrogens is 346 g/mol. The van der Waals surface area contributed by atoms with Crippen LogP contribution < -0.4 is 5.32 Å². The maximum atomic E-state index is 12.5. The number of imidazole rings is 1. The number of hydrogen-bond donors (Lipinski definition) is 1. The highest BCUT2D eigenvalue weighted by Gasteiger charge is 2.11. The summed E-state index contributed by atoms with van der Waals surface area (Å²) in [6.07, 6.45) is 11.1. The van der Waals surface area contributed by atoms with Crippen molar-refractivity contribution in [2.45, 2.75) is 45.4 Å². The zero-order valence-corrected chi connectivity index (χ0v) is 16.4. The summed E-state index contributed by atoms with van der Waals surface area (Å²) in [5.41, 5.74) is 6.38. The summed E-state index contributed by atoms with van der Waals surface area (Å²) in [7, 11) is 0. The third-order valence-electron chi connectivity index (χ3n) is 5.55. The van der Waals surface area contributed by atoms with Crippen LogP contribution in [-0.2, 0) is 6.42 Å². The fourth-order valence-corrected chi connectivity index (χ4v) is 3.82. The van der Waals surface area contributed by atoms with Gasteiger partial charge in [0.1, 0.15) is 6.33 Å². The smallest absolute Gasteiger partial charge is 0.251 e. The van der Waals surface area contributed by atoms with E-state index in [0.717, 1.165) is 29.6 Å². The molecule has 1 aromatic heterocycles. The monoisotopic (exact) mass is 373 g/mol. The lowest BCUT2D eigenvalue weighted by Gasteiger charge is -2.13. The van der Waals surface area contributed by atoms with Crippen molar-refractivity contribution in [2.75, 3.05) is 6.54 Å². The van der Waals surface area contributed by atoms with Gasteiger partial charge in [0.25, 0.3) is 5.91 Å². The maximum absolute atomic E-state index is 12.5. The van der Waals surface area contributed by atoms with Crippen LogP contribution in [0.3, 0.4) is 0 Å². The molecule has 144 valence electrons. The molecule has 4 rings (SSSR count). The number of fused-ring (bicyclic) bond motifs is 1. The average Bonchev–Trinajstić information content (AvgIpc) is 3.18. The van der Waals surface area contributed by atoms with Gasteiger partial charge in [-0.1, -0.05) is 30.7 Å². The van der Waals surface area contributed by atoms with Crippen molar-refractivity contribution in [3.8, 4) is 5.69 Å². The van der Waals surface area contributed by atoms with E-state index in [0.29, 0.717) is 12.1 Å². The van der Waals surface area contributed by atoms with E-state index in [2.05, 4.69) is 52.1 Å². The number of nitrogens with one attached hydrogen (secondary N) is 1. The van der Waals surface area contributed by atoms with E-state index < -0.39 is 0 Å². The Hall–Kier alpha value is -2.88. The molecule has 28 heavy (non-hydrogen) atoms. The van der Waals surface area contributed by atoms with Crippen molar-refractivity contribution in [1.29, 1.82) is 0 Å². The van der Waals surface area contributed by atoms with Gasteiger partial charge in [0.2, 0.25) is 0 Å². The Labute approximate surface area is 166 Å². The molecule has 0 atom stereocenters. The predicted molar refractivity (Wildman–Crippen MR) is 114 cm³/mol. The molecule has 1 amide bonds. The average molecular weight is 374 g/mol. The lowest BCUT2D eigenvalue weighted by atomic mass is 9.97. The van der Waals surface area contributed by atoms with Crippen LogP contribution in [0.5, 0.6) is 0 Å². The topological polar surface area (TPSA) is 46.9 Å². The van der Waals surface area contributed by atoms with Gasteiger partial charge < -0.3 is 5.32 Å². The summed E-state index contributed by atoms with van der Waals surface area (Å²) in [4.78, 5) is 17.0. The van der Waals surface area contributed by atoms with Crippen molar-refractivity contribution in [1.82, 2.24) is 14.9 Å². The molecule has 0 aliphatic heterocycles. The van der Waals surface area contributed by atoms with E-state index in [1.54, 1.807) is 0 Å². The largest absolute Gasteiger partial charge is 0.352 e. The molecule has 4 heteroatoms. The van der Waals surface area contributed by atoms with Crippen molar-refractivity contribution in [3.05, 3.63) is 71.6 Å². The maximum Gasteiger partial charge on any atom is 0.251 e. The number of nitrogens with zero attached hydrogens (tertiary/aromatic N) is 2. The number of allylic oxidation sites excluding steroid dienone is 1. The summed E-state index contributed by atoms with van der Waals surface area (Å²) >= 11 is 0. The lowest BCUT2D eigenvalue weighted by Crippen LogP contribution is -2.24. The van der Waals surface area contributed by atoms with E-state index in [9.17, 15) is 4.79 Å². The van der Waals surface area contributed by atoms with Crippen molar-refractivity contribution in [3.63, 3.8) is 0 Å². The molecule has 0 unspecified atom stereocenters. The third-order valence-corrected chi connectivity index (χ3v) is 5.55. The summed E-state index contributed by atoms with van der Waals surface area (Å²) < 4.78 is 2.06. The normalized spacial score (nSPS) is 14.1. The fourth-order valence-electron chi connectivity index (χ4n) is 3.82. The molecule has 0 saturated heterocycles. The van der Waals surface area contributed by atoms with E-state index in [1.807, 2.05) is 24.5 Å². The minimum Gasteiger partial charge on any atom is -0.352 e. The Morgan fingerprint density at radius 2 is 2.00 bits per heavy atom. The molecule has 3 aromatic rings. The molecule has 1 heterocycles. The Bertz CT molecular complexity index is 998. The number of carbonyl (C=O) groups excluding carboxylic acids is 1. The number of hydrogen-bond acceptors (Lipinski definition) is 2. The Kier molecular flexibility index (Phi) is 5.56. The van der Waals surface area contributed by atoms with E-state index in [1.165, 1.54) is 36.8 Å². The van der Waals surface area contributed by atoms with Gasteiger partial charge in [0, 0.05) is 17.8 Å². The van der Waals surface area contributed by atoms with E-state index >= 15 is 0 Å². The second-order valence-electron chi connectivity index (χ2n) is 7.45. The van der Waals surface area contributed by atoms with Crippen LogP contribution in [0, 0.1) is 0 Å². The van der Waals surface area contributed by atoms with Gasteiger partial charge >= 0.3 is 0 Å². The molecule has 2 aromatic carbocycles. The Morgan fingerprint density at radius 3 is 2.75 bits per heavy atom. The van der Waals surface area contributed by atoms with Gasteiger partial charge in [-0.3, -0.25) is 9.36 Å². The second kappa shape index (κ2) is 8.42. The third kappa shape index (κ3) is 4.01. The van der Waals surface area contributed by atoms with Gasteiger partial charge in [0.05, 0.1) is 11.0 Å². The van der Waals surface area contributed by atoms with Gasteiger partial charge in [-0.15, -0.1) is 0 Å². The highest BCUT2D eigenvalue weighted by atomic mass is 16.1. The Balaban J connectivity index is 1.45. The number of carbonyl (C=O) groups is 1. The van der Waals surface area contributed by atoms with Crippen molar-refractivity contribution < 1.29 is 4.79 Å². The summed E-state index contributed by atoms with van der Waals surface area (Å²) in [5, 5.41) is 3.05. The van der Waals surface area contributed by atoms with Crippen LogP contribution in [0.2, 0.25) is 0 Å². The fraction of sp³-hybridized carbons (Fsp3) is 0.333. The summed E-state index contributed by atoms with van der Waals surface area (Å²) in [6.45, 7) is 2.85. The molecule has 4 nitrogen and oxygen atoms in total. The van der Waals surface area contributed by atoms with Crippen LogP contribution in [0.4, 0.5) is 0 Å². The molecule has 1 aliphatic carbocycles.